The van der Waals surface area contributed by atoms with E-state index in [1.807, 2.05) is 56.6 Å². The van der Waals surface area contributed by atoms with E-state index >= 15 is 0 Å². The maximum absolute atomic E-state index is 6.25. The highest BCUT2D eigenvalue weighted by molar-refractivity contribution is 6.31. The quantitative estimate of drug-likeness (QED) is 0.618. The molecule has 0 bridgehead atoms. The van der Waals surface area contributed by atoms with E-state index < -0.39 is 0 Å². The van der Waals surface area contributed by atoms with Gasteiger partial charge in [0.15, 0.2) is 0 Å². The van der Waals surface area contributed by atoms with Crippen LogP contribution in [0.5, 0.6) is 0 Å². The minimum atomic E-state index is 0.583. The van der Waals surface area contributed by atoms with Crippen molar-refractivity contribution in [2.45, 2.75) is 6.54 Å². The van der Waals surface area contributed by atoms with Crippen molar-refractivity contribution in [1.82, 2.24) is 19.9 Å². The Kier molecular flexibility index (Phi) is 6.57. The summed E-state index contributed by atoms with van der Waals surface area (Å²) in [5.41, 5.74) is 2.77. The van der Waals surface area contributed by atoms with Gasteiger partial charge in [-0.2, -0.15) is 4.98 Å². The molecule has 0 aliphatic carbocycles. The van der Waals surface area contributed by atoms with Gasteiger partial charge in [0.05, 0.1) is 5.69 Å². The van der Waals surface area contributed by atoms with Crippen LogP contribution in [0.2, 0.25) is 5.02 Å². The number of rotatable bonds is 8. The maximum Gasteiger partial charge on any atom is 0.225 e. The van der Waals surface area contributed by atoms with Crippen molar-refractivity contribution in [2.24, 2.45) is 0 Å². The highest BCUT2D eigenvalue weighted by Crippen LogP contribution is 2.22. The zero-order valence-electron chi connectivity index (χ0n) is 15.5. The van der Waals surface area contributed by atoms with E-state index in [1.54, 1.807) is 12.4 Å². The molecule has 2 N–H and O–H groups in total. The van der Waals surface area contributed by atoms with Gasteiger partial charge >= 0.3 is 0 Å². The first-order valence-electron chi connectivity index (χ1n) is 8.77. The number of pyridine rings is 1. The number of halogens is 1. The molecular weight excluding hydrogens is 360 g/mol. The molecule has 140 valence electrons. The van der Waals surface area contributed by atoms with E-state index in [-0.39, 0.29) is 0 Å². The van der Waals surface area contributed by atoms with Gasteiger partial charge in [0.2, 0.25) is 5.95 Å². The van der Waals surface area contributed by atoms with Gasteiger partial charge in [-0.25, -0.2) is 4.98 Å². The molecule has 0 saturated heterocycles. The van der Waals surface area contributed by atoms with E-state index in [2.05, 4.69) is 30.5 Å². The van der Waals surface area contributed by atoms with Crippen molar-refractivity contribution in [1.29, 1.82) is 0 Å². The summed E-state index contributed by atoms with van der Waals surface area (Å²) in [4.78, 5) is 15.5. The van der Waals surface area contributed by atoms with E-state index in [0.717, 1.165) is 40.8 Å². The first kappa shape index (κ1) is 19.1. The molecule has 0 aliphatic rings. The van der Waals surface area contributed by atoms with E-state index in [9.17, 15) is 0 Å². The molecule has 0 radical (unpaired) electrons. The topological polar surface area (TPSA) is 66.0 Å². The Morgan fingerprint density at radius 1 is 1.04 bits per heavy atom. The number of benzene rings is 1. The molecule has 0 unspecified atom stereocenters. The predicted octanol–water partition coefficient (Wildman–Crippen LogP) is 3.78. The third-order valence-corrected chi connectivity index (χ3v) is 4.31. The van der Waals surface area contributed by atoms with Crippen molar-refractivity contribution in [3.8, 4) is 11.3 Å². The smallest absolute Gasteiger partial charge is 0.225 e. The summed E-state index contributed by atoms with van der Waals surface area (Å²) in [6.45, 7) is 2.23. The van der Waals surface area contributed by atoms with Crippen LogP contribution in [0.4, 0.5) is 11.8 Å². The van der Waals surface area contributed by atoms with Gasteiger partial charge < -0.3 is 15.5 Å². The number of likely N-dealkylation sites (N-methyl/N-ethyl adjacent to an activating group) is 1. The largest absolute Gasteiger partial charge is 0.366 e. The van der Waals surface area contributed by atoms with Crippen LogP contribution in [0.3, 0.4) is 0 Å². The lowest BCUT2D eigenvalue weighted by molar-refractivity contribution is 0.425. The molecule has 1 aromatic carbocycles. The monoisotopic (exact) mass is 382 g/mol. The number of nitrogens with zero attached hydrogens (tertiary/aromatic N) is 4. The van der Waals surface area contributed by atoms with Crippen molar-refractivity contribution in [2.75, 3.05) is 37.8 Å². The van der Waals surface area contributed by atoms with Gasteiger partial charge in [0, 0.05) is 48.7 Å². The van der Waals surface area contributed by atoms with Crippen LogP contribution in [0, 0.1) is 0 Å². The Morgan fingerprint density at radius 2 is 1.89 bits per heavy atom. The van der Waals surface area contributed by atoms with Crippen LogP contribution in [0.15, 0.2) is 54.9 Å². The van der Waals surface area contributed by atoms with Crippen LogP contribution in [-0.4, -0.2) is 47.0 Å². The molecule has 2 heterocycles. The number of nitrogens with one attached hydrogen (secondary N) is 2. The molecule has 0 aliphatic heterocycles. The minimum absolute atomic E-state index is 0.583. The Morgan fingerprint density at radius 3 is 2.63 bits per heavy atom. The molecule has 0 amide bonds. The first-order valence-corrected chi connectivity index (χ1v) is 9.15. The maximum atomic E-state index is 6.25. The molecule has 2 aromatic heterocycles. The lowest BCUT2D eigenvalue weighted by Crippen LogP contribution is -2.21. The third kappa shape index (κ3) is 5.64. The van der Waals surface area contributed by atoms with Crippen LogP contribution in [-0.2, 0) is 6.54 Å². The summed E-state index contributed by atoms with van der Waals surface area (Å²) in [6, 6.07) is 13.6. The Labute approximate surface area is 164 Å². The molecule has 0 spiro atoms. The van der Waals surface area contributed by atoms with E-state index in [0.29, 0.717) is 12.5 Å². The molecule has 27 heavy (non-hydrogen) atoms. The summed E-state index contributed by atoms with van der Waals surface area (Å²) < 4.78 is 0. The molecule has 0 fully saturated rings. The summed E-state index contributed by atoms with van der Waals surface area (Å²) in [5, 5.41) is 7.36. The molecule has 0 saturated carbocycles. The van der Waals surface area contributed by atoms with Gasteiger partial charge in [-0.15, -0.1) is 0 Å². The Balaban J connectivity index is 1.81. The standard InChI is InChI=1S/C20H23ClN6/c1-27(2)11-10-23-20-25-18(16-7-5-9-22-13-16)12-19(26-20)24-14-15-6-3-4-8-17(15)21/h3-9,12-13H,10-11,14H2,1-2H3,(H2,23,24,25,26). The average molecular weight is 383 g/mol. The highest BCUT2D eigenvalue weighted by Gasteiger charge is 2.08. The number of anilines is 2. The van der Waals surface area contributed by atoms with E-state index in [1.165, 1.54) is 0 Å². The number of hydrogen-bond acceptors (Lipinski definition) is 6. The van der Waals surface area contributed by atoms with Crippen molar-refractivity contribution in [3.05, 3.63) is 65.4 Å². The van der Waals surface area contributed by atoms with Gasteiger partial charge in [-0.05, 0) is 37.9 Å². The molecule has 6 nitrogen and oxygen atoms in total. The summed E-state index contributed by atoms with van der Waals surface area (Å²) in [6.07, 6.45) is 3.54. The normalized spacial score (nSPS) is 10.8. The van der Waals surface area contributed by atoms with Crippen LogP contribution >= 0.6 is 11.6 Å². The van der Waals surface area contributed by atoms with Crippen LogP contribution in [0.25, 0.3) is 11.3 Å². The summed E-state index contributed by atoms with van der Waals surface area (Å²) >= 11 is 6.25. The highest BCUT2D eigenvalue weighted by atomic mass is 35.5. The van der Waals surface area contributed by atoms with Crippen molar-refractivity contribution in [3.63, 3.8) is 0 Å². The first-order chi connectivity index (χ1) is 13.1. The summed E-state index contributed by atoms with van der Waals surface area (Å²) in [7, 11) is 4.07. The fourth-order valence-electron chi connectivity index (χ4n) is 2.50. The number of hydrogen-bond donors (Lipinski definition) is 2. The molecule has 0 atom stereocenters. The van der Waals surface area contributed by atoms with Gasteiger partial charge in [0.25, 0.3) is 0 Å². The zero-order chi connectivity index (χ0) is 19.1. The van der Waals surface area contributed by atoms with Gasteiger partial charge in [0.1, 0.15) is 5.82 Å². The SMILES string of the molecule is CN(C)CCNc1nc(NCc2ccccc2Cl)cc(-c2cccnc2)n1. The van der Waals surface area contributed by atoms with Crippen molar-refractivity contribution >= 4 is 23.4 Å². The second-order valence-electron chi connectivity index (χ2n) is 6.38. The van der Waals surface area contributed by atoms with Crippen LogP contribution in [0.1, 0.15) is 5.56 Å². The van der Waals surface area contributed by atoms with E-state index in [4.69, 9.17) is 11.6 Å². The summed E-state index contributed by atoms with van der Waals surface area (Å²) in [5.74, 6) is 1.32. The minimum Gasteiger partial charge on any atom is -0.366 e. The lowest BCUT2D eigenvalue weighted by atomic mass is 10.2. The fourth-order valence-corrected chi connectivity index (χ4v) is 2.70. The Bertz CT molecular complexity index is 869. The fraction of sp³-hybridized carbons (Fsp3) is 0.250. The average Bonchev–Trinajstić information content (AvgIpc) is 2.68. The second-order valence-corrected chi connectivity index (χ2v) is 6.79. The van der Waals surface area contributed by atoms with Gasteiger partial charge in [-0.1, -0.05) is 29.8 Å². The molecule has 3 rings (SSSR count). The number of aromatic nitrogens is 3. The van der Waals surface area contributed by atoms with Crippen molar-refractivity contribution < 1.29 is 0 Å². The zero-order valence-corrected chi connectivity index (χ0v) is 16.2. The lowest BCUT2D eigenvalue weighted by Gasteiger charge is -2.13. The second kappa shape index (κ2) is 9.30. The molecular formula is C20H23ClN6. The van der Waals surface area contributed by atoms with Gasteiger partial charge in [-0.3, -0.25) is 4.98 Å². The Hall–Kier alpha value is -2.70. The van der Waals surface area contributed by atoms with Crippen LogP contribution < -0.4 is 10.6 Å². The predicted molar refractivity (Wildman–Crippen MR) is 111 cm³/mol. The third-order valence-electron chi connectivity index (χ3n) is 3.94. The molecule has 3 aromatic rings. The molecule has 7 heteroatoms.